The van der Waals surface area contributed by atoms with Gasteiger partial charge in [0.05, 0.1) is 11.4 Å². The molecule has 0 spiro atoms. The van der Waals surface area contributed by atoms with Gasteiger partial charge in [-0.1, -0.05) is 54.6 Å². The van der Waals surface area contributed by atoms with Gasteiger partial charge >= 0.3 is 0 Å². The van der Waals surface area contributed by atoms with Crippen LogP contribution in [0.25, 0.3) is 5.57 Å². The quantitative estimate of drug-likeness (QED) is 0.597. The Morgan fingerprint density at radius 2 is 1.41 bits per heavy atom. The molecule has 0 radical (unpaired) electrons. The first-order valence-electron chi connectivity index (χ1n) is 9.34. The smallest absolute Gasteiger partial charge is 0.0544 e. The topological polar surface area (TPSA) is 29.0 Å². The summed E-state index contributed by atoms with van der Waals surface area (Å²) in [5.74, 6) is 0. The van der Waals surface area contributed by atoms with E-state index in [2.05, 4.69) is 69.5 Å². The zero-order chi connectivity index (χ0) is 18.3. The van der Waals surface area contributed by atoms with Crippen LogP contribution in [-0.2, 0) is 19.6 Å². The van der Waals surface area contributed by atoms with Crippen LogP contribution in [0.2, 0.25) is 0 Å². The van der Waals surface area contributed by atoms with Crippen LogP contribution in [0.4, 0.5) is 0 Å². The molecule has 3 nitrogen and oxygen atoms in total. The Morgan fingerprint density at radius 1 is 0.741 bits per heavy atom. The number of nitrogens with zero attached hydrogens (tertiary/aromatic N) is 3. The predicted molar refractivity (Wildman–Crippen MR) is 110 cm³/mol. The third kappa shape index (κ3) is 4.57. The average molecular weight is 353 g/mol. The average Bonchev–Trinajstić information content (AvgIpc) is 3.25. The van der Waals surface area contributed by atoms with Gasteiger partial charge < -0.3 is 0 Å². The van der Waals surface area contributed by atoms with Crippen LogP contribution < -0.4 is 0 Å². The summed E-state index contributed by atoms with van der Waals surface area (Å²) in [4.78, 5) is 11.4. The first-order chi connectivity index (χ1) is 13.4. The Hall–Kier alpha value is -3.04. The highest BCUT2D eigenvalue weighted by Crippen LogP contribution is 2.27. The third-order valence-corrected chi connectivity index (χ3v) is 4.75. The van der Waals surface area contributed by atoms with E-state index in [1.54, 1.807) is 0 Å². The van der Waals surface area contributed by atoms with Gasteiger partial charge in [0, 0.05) is 32.0 Å². The van der Waals surface area contributed by atoms with Crippen molar-refractivity contribution >= 4 is 5.57 Å². The Labute approximate surface area is 160 Å². The second-order valence-electron chi connectivity index (χ2n) is 6.77. The fourth-order valence-corrected chi connectivity index (χ4v) is 3.47. The number of benzene rings is 1. The Kier molecular flexibility index (Phi) is 5.51. The SMILES string of the molecule is C1=CCC(c2ccccc2CN(Cc2ccccn2)Cc2ccccn2)=C1. The molecule has 0 unspecified atom stereocenters. The summed E-state index contributed by atoms with van der Waals surface area (Å²) in [6, 6.07) is 20.9. The van der Waals surface area contributed by atoms with Crippen molar-refractivity contribution in [3.05, 3.63) is 114 Å². The maximum atomic E-state index is 4.52. The molecule has 0 bridgehead atoms. The van der Waals surface area contributed by atoms with Crippen molar-refractivity contribution in [2.24, 2.45) is 0 Å². The van der Waals surface area contributed by atoms with Gasteiger partial charge in [0.2, 0.25) is 0 Å². The molecule has 0 atom stereocenters. The summed E-state index contributed by atoms with van der Waals surface area (Å²) in [5.41, 5.74) is 6.23. The van der Waals surface area contributed by atoms with Gasteiger partial charge in [-0.3, -0.25) is 14.9 Å². The van der Waals surface area contributed by atoms with Crippen LogP contribution in [0.3, 0.4) is 0 Å². The Morgan fingerprint density at radius 3 is 2.00 bits per heavy atom. The lowest BCUT2D eigenvalue weighted by atomic mass is 9.98. The summed E-state index contributed by atoms with van der Waals surface area (Å²) in [5, 5.41) is 0. The van der Waals surface area contributed by atoms with Crippen LogP contribution in [-0.4, -0.2) is 14.9 Å². The largest absolute Gasteiger partial charge is 0.287 e. The number of rotatable bonds is 7. The van der Waals surface area contributed by atoms with Gasteiger partial charge in [0.25, 0.3) is 0 Å². The van der Waals surface area contributed by atoms with Crippen LogP contribution in [0.5, 0.6) is 0 Å². The molecule has 27 heavy (non-hydrogen) atoms. The third-order valence-electron chi connectivity index (χ3n) is 4.75. The van der Waals surface area contributed by atoms with E-state index in [9.17, 15) is 0 Å². The molecular formula is C24H23N3. The van der Waals surface area contributed by atoms with Gasteiger partial charge in [-0.25, -0.2) is 0 Å². The molecule has 0 saturated carbocycles. The number of allylic oxidation sites excluding steroid dienone is 4. The molecule has 0 aliphatic heterocycles. The molecule has 1 aliphatic rings. The van der Waals surface area contributed by atoms with Crippen molar-refractivity contribution in [2.45, 2.75) is 26.1 Å². The van der Waals surface area contributed by atoms with Crippen molar-refractivity contribution in [3.8, 4) is 0 Å². The number of hydrogen-bond donors (Lipinski definition) is 0. The lowest BCUT2D eigenvalue weighted by molar-refractivity contribution is 0.241. The fraction of sp³-hybridized carbons (Fsp3) is 0.167. The molecule has 1 aliphatic carbocycles. The summed E-state index contributed by atoms with van der Waals surface area (Å²) in [6.07, 6.45) is 11.3. The summed E-state index contributed by atoms with van der Waals surface area (Å²) in [6.45, 7) is 2.45. The highest BCUT2D eigenvalue weighted by molar-refractivity contribution is 5.72. The second-order valence-corrected chi connectivity index (χ2v) is 6.77. The highest BCUT2D eigenvalue weighted by atomic mass is 15.1. The second kappa shape index (κ2) is 8.56. The maximum Gasteiger partial charge on any atom is 0.0544 e. The standard InChI is InChI=1S/C24H23N3/c1-2-10-20(9-1)24-14-4-3-11-21(24)17-27(18-22-12-5-7-15-25-22)19-23-13-6-8-16-26-23/h1-9,11-16H,10,17-19H2. The zero-order valence-electron chi connectivity index (χ0n) is 15.3. The van der Waals surface area contributed by atoms with Crippen molar-refractivity contribution < 1.29 is 0 Å². The van der Waals surface area contributed by atoms with Crippen LogP contribution in [0.15, 0.2) is 91.3 Å². The molecular weight excluding hydrogens is 330 g/mol. The normalized spacial score (nSPS) is 13.1. The van der Waals surface area contributed by atoms with E-state index >= 15 is 0 Å². The fourth-order valence-electron chi connectivity index (χ4n) is 3.47. The van der Waals surface area contributed by atoms with E-state index in [4.69, 9.17) is 0 Å². The molecule has 1 aromatic carbocycles. The lowest BCUT2D eigenvalue weighted by Crippen LogP contribution is -2.24. The molecule has 0 fully saturated rings. The number of hydrogen-bond acceptors (Lipinski definition) is 3. The minimum Gasteiger partial charge on any atom is -0.287 e. The summed E-state index contributed by atoms with van der Waals surface area (Å²) < 4.78 is 0. The molecule has 3 heteroatoms. The zero-order valence-corrected chi connectivity index (χ0v) is 15.3. The first kappa shape index (κ1) is 17.4. The van der Waals surface area contributed by atoms with Crippen molar-refractivity contribution in [2.75, 3.05) is 0 Å². The Balaban J connectivity index is 1.59. The highest BCUT2D eigenvalue weighted by Gasteiger charge is 2.14. The predicted octanol–water partition coefficient (Wildman–Crippen LogP) is 5.02. The van der Waals surface area contributed by atoms with Crippen LogP contribution in [0.1, 0.15) is 28.9 Å². The van der Waals surface area contributed by atoms with Gasteiger partial charge in [0.1, 0.15) is 0 Å². The van der Waals surface area contributed by atoms with Gasteiger partial charge in [-0.15, -0.1) is 0 Å². The number of aromatic nitrogens is 2. The van der Waals surface area contributed by atoms with Gasteiger partial charge in [-0.05, 0) is 47.4 Å². The van der Waals surface area contributed by atoms with Crippen molar-refractivity contribution in [1.82, 2.24) is 14.9 Å². The van der Waals surface area contributed by atoms with Crippen LogP contribution >= 0.6 is 0 Å². The van der Waals surface area contributed by atoms with E-state index in [0.717, 1.165) is 37.4 Å². The van der Waals surface area contributed by atoms with E-state index < -0.39 is 0 Å². The molecule has 4 rings (SSSR count). The monoisotopic (exact) mass is 353 g/mol. The Bertz CT molecular complexity index is 889. The van der Waals surface area contributed by atoms with E-state index in [0.29, 0.717) is 0 Å². The minimum atomic E-state index is 0.795. The molecule has 0 amide bonds. The molecule has 2 aromatic heterocycles. The van der Waals surface area contributed by atoms with E-state index in [-0.39, 0.29) is 0 Å². The van der Waals surface area contributed by atoms with E-state index in [1.165, 1.54) is 16.7 Å². The van der Waals surface area contributed by atoms with Gasteiger partial charge in [0.15, 0.2) is 0 Å². The van der Waals surface area contributed by atoms with Gasteiger partial charge in [-0.2, -0.15) is 0 Å². The van der Waals surface area contributed by atoms with Crippen molar-refractivity contribution in [1.29, 1.82) is 0 Å². The summed E-state index contributed by atoms with van der Waals surface area (Å²) in [7, 11) is 0. The van der Waals surface area contributed by atoms with E-state index in [1.807, 2.05) is 36.7 Å². The minimum absolute atomic E-state index is 0.795. The number of pyridine rings is 2. The molecule has 134 valence electrons. The molecule has 0 N–H and O–H groups in total. The van der Waals surface area contributed by atoms with Crippen molar-refractivity contribution in [3.63, 3.8) is 0 Å². The van der Waals surface area contributed by atoms with Crippen LogP contribution in [0, 0.1) is 0 Å². The molecule has 0 saturated heterocycles. The first-order valence-corrected chi connectivity index (χ1v) is 9.34. The lowest BCUT2D eigenvalue weighted by Gasteiger charge is -2.23. The molecule has 2 heterocycles. The maximum absolute atomic E-state index is 4.52. The summed E-state index contributed by atoms with van der Waals surface area (Å²) >= 11 is 0. The molecule has 3 aromatic rings.